The van der Waals surface area contributed by atoms with E-state index in [0.717, 1.165) is 36.1 Å². The summed E-state index contributed by atoms with van der Waals surface area (Å²) in [6.07, 6.45) is 3.70. The van der Waals surface area contributed by atoms with Crippen molar-refractivity contribution in [2.24, 2.45) is 0 Å². The SMILES string of the molecule is CC(C)(C)c1ccc(C2(C)NC(=O)N(CC(=O)OC3CCCC3)C2=O)cc1. The van der Waals surface area contributed by atoms with Crippen molar-refractivity contribution in [2.75, 3.05) is 6.54 Å². The zero-order valence-electron chi connectivity index (χ0n) is 16.5. The molecule has 1 N–H and O–H groups in total. The third-order valence-electron chi connectivity index (χ3n) is 5.49. The Morgan fingerprint density at radius 2 is 1.78 bits per heavy atom. The molecular formula is C21H28N2O4. The first-order valence-corrected chi connectivity index (χ1v) is 9.56. The molecule has 6 heteroatoms. The zero-order chi connectivity index (χ0) is 19.8. The molecule has 2 fully saturated rings. The van der Waals surface area contributed by atoms with Gasteiger partial charge in [-0.15, -0.1) is 0 Å². The molecule has 146 valence electrons. The average Bonchev–Trinajstić information content (AvgIpc) is 3.17. The van der Waals surface area contributed by atoms with E-state index in [1.807, 2.05) is 24.3 Å². The lowest BCUT2D eigenvalue weighted by Crippen LogP contribution is -2.42. The molecular weight excluding hydrogens is 344 g/mol. The second-order valence-electron chi connectivity index (χ2n) is 8.67. The van der Waals surface area contributed by atoms with E-state index in [4.69, 9.17) is 4.74 Å². The van der Waals surface area contributed by atoms with Gasteiger partial charge in [0.15, 0.2) is 0 Å². The summed E-state index contributed by atoms with van der Waals surface area (Å²) in [6, 6.07) is 7.09. The standard InChI is InChI=1S/C21H28N2O4/c1-20(2,3)14-9-11-15(12-10-14)21(4)18(25)23(19(26)22-21)13-17(24)27-16-7-5-6-8-16/h9-12,16H,5-8,13H2,1-4H3,(H,22,26). The van der Waals surface area contributed by atoms with Gasteiger partial charge in [-0.3, -0.25) is 14.5 Å². The summed E-state index contributed by atoms with van der Waals surface area (Å²) >= 11 is 0. The molecule has 3 rings (SSSR count). The molecule has 1 heterocycles. The number of hydrogen-bond donors (Lipinski definition) is 1. The van der Waals surface area contributed by atoms with Crippen molar-refractivity contribution in [1.82, 2.24) is 10.2 Å². The van der Waals surface area contributed by atoms with Crippen molar-refractivity contribution in [2.45, 2.75) is 70.4 Å². The average molecular weight is 372 g/mol. The minimum atomic E-state index is -1.18. The Hall–Kier alpha value is -2.37. The maximum Gasteiger partial charge on any atom is 0.326 e. The molecule has 1 unspecified atom stereocenters. The van der Waals surface area contributed by atoms with E-state index in [1.165, 1.54) is 0 Å². The molecule has 3 amide bonds. The summed E-state index contributed by atoms with van der Waals surface area (Å²) in [6.45, 7) is 7.66. The highest BCUT2D eigenvalue weighted by molar-refractivity contribution is 6.08. The van der Waals surface area contributed by atoms with E-state index in [2.05, 4.69) is 26.1 Å². The summed E-state index contributed by atoms with van der Waals surface area (Å²) in [7, 11) is 0. The molecule has 1 aromatic carbocycles. The van der Waals surface area contributed by atoms with Crippen LogP contribution in [0.2, 0.25) is 0 Å². The van der Waals surface area contributed by atoms with E-state index in [9.17, 15) is 14.4 Å². The molecule has 1 aromatic rings. The number of nitrogens with one attached hydrogen (secondary N) is 1. The summed E-state index contributed by atoms with van der Waals surface area (Å²) in [5, 5.41) is 2.73. The van der Waals surface area contributed by atoms with Crippen LogP contribution < -0.4 is 5.32 Å². The van der Waals surface area contributed by atoms with Crippen molar-refractivity contribution in [3.05, 3.63) is 35.4 Å². The normalized spacial score (nSPS) is 23.6. The van der Waals surface area contributed by atoms with Gasteiger partial charge in [-0.25, -0.2) is 4.79 Å². The largest absolute Gasteiger partial charge is 0.461 e. The topological polar surface area (TPSA) is 75.7 Å². The van der Waals surface area contributed by atoms with Gasteiger partial charge in [-0.05, 0) is 49.1 Å². The molecule has 1 aliphatic carbocycles. The lowest BCUT2D eigenvalue weighted by Gasteiger charge is -2.24. The Bertz CT molecular complexity index is 744. The number of amides is 3. The van der Waals surface area contributed by atoms with Crippen LogP contribution in [0.1, 0.15) is 64.5 Å². The van der Waals surface area contributed by atoms with Crippen LogP contribution in [0.3, 0.4) is 0 Å². The van der Waals surface area contributed by atoms with Crippen molar-refractivity contribution in [1.29, 1.82) is 0 Å². The summed E-state index contributed by atoms with van der Waals surface area (Å²) in [5.74, 6) is -0.961. The third-order valence-corrected chi connectivity index (χ3v) is 5.49. The first kappa shape index (κ1) is 19.4. The predicted molar refractivity (Wildman–Crippen MR) is 101 cm³/mol. The molecule has 0 aromatic heterocycles. The number of carbonyl (C=O) groups excluding carboxylic acids is 3. The van der Waals surface area contributed by atoms with E-state index in [1.54, 1.807) is 6.92 Å². The second kappa shape index (κ2) is 6.98. The van der Waals surface area contributed by atoms with Gasteiger partial charge in [0.05, 0.1) is 0 Å². The first-order chi connectivity index (χ1) is 12.6. The summed E-state index contributed by atoms with van der Waals surface area (Å²) < 4.78 is 5.38. The van der Waals surface area contributed by atoms with Crippen LogP contribution in [-0.4, -0.2) is 35.5 Å². The minimum absolute atomic E-state index is 0.00159. The fourth-order valence-corrected chi connectivity index (χ4v) is 3.70. The molecule has 0 radical (unpaired) electrons. The van der Waals surface area contributed by atoms with Crippen LogP contribution >= 0.6 is 0 Å². The van der Waals surface area contributed by atoms with Gasteiger partial charge >= 0.3 is 12.0 Å². The van der Waals surface area contributed by atoms with Crippen molar-refractivity contribution < 1.29 is 19.1 Å². The Kier molecular flexibility index (Phi) is 5.02. The van der Waals surface area contributed by atoms with Crippen LogP contribution in [0.15, 0.2) is 24.3 Å². The molecule has 0 bridgehead atoms. The molecule has 1 saturated carbocycles. The van der Waals surface area contributed by atoms with E-state index >= 15 is 0 Å². The van der Waals surface area contributed by atoms with Crippen LogP contribution in [0, 0.1) is 0 Å². The monoisotopic (exact) mass is 372 g/mol. The van der Waals surface area contributed by atoms with Crippen LogP contribution in [-0.2, 0) is 25.3 Å². The number of carbonyl (C=O) groups is 3. The fourth-order valence-electron chi connectivity index (χ4n) is 3.70. The molecule has 6 nitrogen and oxygen atoms in total. The molecule has 1 atom stereocenters. The van der Waals surface area contributed by atoms with Gasteiger partial charge in [0.1, 0.15) is 18.2 Å². The number of hydrogen-bond acceptors (Lipinski definition) is 4. The number of benzene rings is 1. The molecule has 1 saturated heterocycles. The highest BCUT2D eigenvalue weighted by atomic mass is 16.5. The van der Waals surface area contributed by atoms with Crippen molar-refractivity contribution in [3.8, 4) is 0 Å². The predicted octanol–water partition coefficient (Wildman–Crippen LogP) is 3.24. The highest BCUT2D eigenvalue weighted by Crippen LogP contribution is 2.31. The fraction of sp³-hybridized carbons (Fsp3) is 0.571. The number of rotatable bonds is 4. The van der Waals surface area contributed by atoms with E-state index in [0.29, 0.717) is 5.56 Å². The summed E-state index contributed by atoms with van der Waals surface area (Å²) in [5.41, 5.74) is 0.656. The van der Waals surface area contributed by atoms with Gasteiger partial charge in [0.2, 0.25) is 0 Å². The number of urea groups is 1. The van der Waals surface area contributed by atoms with E-state index < -0.39 is 23.4 Å². The number of esters is 1. The smallest absolute Gasteiger partial charge is 0.326 e. The maximum atomic E-state index is 12.9. The minimum Gasteiger partial charge on any atom is -0.461 e. The quantitative estimate of drug-likeness (QED) is 0.650. The Morgan fingerprint density at radius 1 is 1.19 bits per heavy atom. The van der Waals surface area contributed by atoms with Crippen LogP contribution in [0.25, 0.3) is 0 Å². The second-order valence-corrected chi connectivity index (χ2v) is 8.67. The molecule has 1 aliphatic heterocycles. The van der Waals surface area contributed by atoms with E-state index in [-0.39, 0.29) is 18.1 Å². The summed E-state index contributed by atoms with van der Waals surface area (Å²) in [4.78, 5) is 38.4. The van der Waals surface area contributed by atoms with Crippen LogP contribution in [0.5, 0.6) is 0 Å². The third kappa shape index (κ3) is 3.84. The Labute approximate surface area is 160 Å². The van der Waals surface area contributed by atoms with Gasteiger partial charge in [0.25, 0.3) is 5.91 Å². The Balaban J connectivity index is 1.73. The zero-order valence-corrected chi connectivity index (χ0v) is 16.5. The van der Waals surface area contributed by atoms with Gasteiger partial charge in [-0.2, -0.15) is 0 Å². The lowest BCUT2D eigenvalue weighted by atomic mass is 9.84. The lowest BCUT2D eigenvalue weighted by molar-refractivity contribution is -0.152. The van der Waals surface area contributed by atoms with Gasteiger partial charge in [-0.1, -0.05) is 45.0 Å². The van der Waals surface area contributed by atoms with Gasteiger partial charge < -0.3 is 10.1 Å². The molecule has 0 spiro atoms. The van der Waals surface area contributed by atoms with Crippen molar-refractivity contribution in [3.63, 3.8) is 0 Å². The number of ether oxygens (including phenoxy) is 1. The highest BCUT2D eigenvalue weighted by Gasteiger charge is 2.49. The number of imide groups is 1. The van der Waals surface area contributed by atoms with Crippen molar-refractivity contribution >= 4 is 17.9 Å². The first-order valence-electron chi connectivity index (χ1n) is 9.56. The van der Waals surface area contributed by atoms with Gasteiger partial charge in [0, 0.05) is 0 Å². The molecule has 27 heavy (non-hydrogen) atoms. The maximum absolute atomic E-state index is 12.9. The number of nitrogens with zero attached hydrogens (tertiary/aromatic N) is 1. The Morgan fingerprint density at radius 3 is 2.33 bits per heavy atom. The van der Waals surface area contributed by atoms with Crippen LogP contribution in [0.4, 0.5) is 4.79 Å². The molecule has 2 aliphatic rings.